The van der Waals surface area contributed by atoms with Crippen molar-refractivity contribution in [2.24, 2.45) is 0 Å². The number of hydrogen-bond acceptors (Lipinski definition) is 8. The number of carbonyl (C=O) groups excluding carboxylic acids is 1. The van der Waals surface area contributed by atoms with E-state index >= 15 is 4.39 Å². The van der Waals surface area contributed by atoms with Crippen LogP contribution in [0.3, 0.4) is 0 Å². The minimum atomic E-state index is -1.40. The standard InChI is InChI=1S/C41H40FN3O7/c1-41(2,3)52-40(48)44-22-30(28-18-31(42)35(19-33(28)44)51-23-24-11-7-6-8-12-24)37-36(29-20-43-32-14-10-9-13-27(29)32)38(46)45(39(37)47)21-25-15-16-26(49-4)17-34(25)50-5/h6-20,22,38-39,43,46-47H,21,23H2,1-5H3. The van der Waals surface area contributed by atoms with Crippen LogP contribution < -0.4 is 14.2 Å². The lowest BCUT2D eigenvalue weighted by molar-refractivity contribution is -0.0392. The van der Waals surface area contributed by atoms with Gasteiger partial charge in [-0.3, -0.25) is 4.57 Å². The summed E-state index contributed by atoms with van der Waals surface area (Å²) in [6, 6.07) is 25.0. The Kier molecular flexibility index (Phi) is 9.26. The van der Waals surface area contributed by atoms with Gasteiger partial charge in [-0.05, 0) is 44.5 Å². The van der Waals surface area contributed by atoms with Crippen molar-refractivity contribution in [3.8, 4) is 17.2 Å². The second-order valence-electron chi connectivity index (χ2n) is 13.6. The Morgan fingerprint density at radius 3 is 2.27 bits per heavy atom. The zero-order valence-electron chi connectivity index (χ0n) is 29.5. The van der Waals surface area contributed by atoms with Crippen molar-refractivity contribution in [1.82, 2.24) is 14.5 Å². The molecule has 1 aliphatic heterocycles. The third kappa shape index (κ3) is 6.50. The predicted octanol–water partition coefficient (Wildman–Crippen LogP) is 7.70. The molecule has 0 saturated heterocycles. The van der Waals surface area contributed by atoms with Crippen molar-refractivity contribution < 1.29 is 38.3 Å². The summed E-state index contributed by atoms with van der Waals surface area (Å²) in [6.07, 6.45) is -0.131. The van der Waals surface area contributed by atoms with Gasteiger partial charge in [-0.15, -0.1) is 0 Å². The predicted molar refractivity (Wildman–Crippen MR) is 197 cm³/mol. The van der Waals surface area contributed by atoms with E-state index in [1.165, 1.54) is 34.9 Å². The van der Waals surface area contributed by atoms with Crippen molar-refractivity contribution in [3.05, 3.63) is 125 Å². The van der Waals surface area contributed by atoms with Gasteiger partial charge in [0.15, 0.2) is 11.6 Å². The highest BCUT2D eigenvalue weighted by molar-refractivity contribution is 6.09. The van der Waals surface area contributed by atoms with E-state index in [-0.39, 0.29) is 18.9 Å². The Labute approximate surface area is 300 Å². The third-order valence-electron chi connectivity index (χ3n) is 9.14. The smallest absolute Gasteiger partial charge is 0.419 e. The summed E-state index contributed by atoms with van der Waals surface area (Å²) < 4.78 is 40.0. The first-order valence-corrected chi connectivity index (χ1v) is 16.9. The van der Waals surface area contributed by atoms with Crippen LogP contribution in [0.4, 0.5) is 9.18 Å². The van der Waals surface area contributed by atoms with Crippen LogP contribution in [0, 0.1) is 5.82 Å². The number of aromatic amines is 1. The number of aromatic nitrogens is 2. The largest absolute Gasteiger partial charge is 0.497 e. The molecular weight excluding hydrogens is 665 g/mol. The molecule has 0 radical (unpaired) electrons. The first-order valence-electron chi connectivity index (χ1n) is 16.9. The number of H-pyrrole nitrogens is 1. The van der Waals surface area contributed by atoms with Gasteiger partial charge in [0.1, 0.15) is 36.2 Å². The van der Waals surface area contributed by atoms with E-state index in [1.54, 1.807) is 52.3 Å². The average Bonchev–Trinajstić information content (AvgIpc) is 3.78. The van der Waals surface area contributed by atoms with Crippen molar-refractivity contribution >= 4 is 39.0 Å². The molecule has 0 aliphatic carbocycles. The average molecular weight is 706 g/mol. The van der Waals surface area contributed by atoms with Gasteiger partial charge in [0, 0.05) is 75.2 Å². The van der Waals surface area contributed by atoms with Gasteiger partial charge in [-0.1, -0.05) is 54.6 Å². The number of nitrogens with one attached hydrogen (secondary N) is 1. The van der Waals surface area contributed by atoms with Gasteiger partial charge < -0.3 is 34.1 Å². The Morgan fingerprint density at radius 1 is 0.846 bits per heavy atom. The maximum Gasteiger partial charge on any atom is 0.419 e. The fourth-order valence-corrected chi connectivity index (χ4v) is 6.71. The van der Waals surface area contributed by atoms with Crippen LogP contribution in [0.15, 0.2) is 97.3 Å². The molecule has 7 rings (SSSR count). The van der Waals surface area contributed by atoms with Crippen LogP contribution in [-0.4, -0.2) is 63.0 Å². The molecule has 11 heteroatoms. The second-order valence-corrected chi connectivity index (χ2v) is 13.6. The summed E-state index contributed by atoms with van der Waals surface area (Å²) in [5.74, 6) is 0.378. The normalized spacial score (nSPS) is 16.5. The van der Waals surface area contributed by atoms with Crippen LogP contribution in [-0.2, 0) is 17.9 Å². The minimum absolute atomic E-state index is 0.0584. The quantitative estimate of drug-likeness (QED) is 0.140. The molecule has 3 heterocycles. The van der Waals surface area contributed by atoms with E-state index in [4.69, 9.17) is 18.9 Å². The molecule has 1 aliphatic rings. The fourth-order valence-electron chi connectivity index (χ4n) is 6.71. The lowest BCUT2D eigenvalue weighted by Gasteiger charge is -2.27. The molecule has 0 bridgehead atoms. The summed E-state index contributed by atoms with van der Waals surface area (Å²) in [7, 11) is 3.09. The van der Waals surface area contributed by atoms with E-state index in [9.17, 15) is 15.0 Å². The number of halogens is 1. The minimum Gasteiger partial charge on any atom is -0.497 e. The van der Waals surface area contributed by atoms with E-state index in [2.05, 4.69) is 4.98 Å². The zero-order valence-corrected chi connectivity index (χ0v) is 29.5. The molecule has 10 nitrogen and oxygen atoms in total. The summed E-state index contributed by atoms with van der Waals surface area (Å²) >= 11 is 0. The van der Waals surface area contributed by atoms with Crippen LogP contribution in [0.5, 0.6) is 17.2 Å². The highest BCUT2D eigenvalue weighted by Gasteiger charge is 2.42. The number of hydrogen-bond donors (Lipinski definition) is 3. The number of carbonyl (C=O) groups is 1. The highest BCUT2D eigenvalue weighted by atomic mass is 19.1. The molecule has 6 aromatic rings. The molecule has 2 unspecified atom stereocenters. The topological polar surface area (TPSA) is 118 Å². The maximum atomic E-state index is 16.0. The molecule has 2 aromatic heterocycles. The number of ether oxygens (including phenoxy) is 4. The lowest BCUT2D eigenvalue weighted by atomic mass is 9.95. The molecular formula is C41H40FN3O7. The fraction of sp³-hybridized carbons (Fsp3) is 0.244. The van der Waals surface area contributed by atoms with Crippen LogP contribution in [0.2, 0.25) is 0 Å². The van der Waals surface area contributed by atoms with Gasteiger partial charge in [0.25, 0.3) is 0 Å². The van der Waals surface area contributed by atoms with Crippen molar-refractivity contribution in [2.75, 3.05) is 14.2 Å². The van der Waals surface area contributed by atoms with Crippen LogP contribution >= 0.6 is 0 Å². The van der Waals surface area contributed by atoms with Crippen LogP contribution in [0.1, 0.15) is 43.0 Å². The Balaban J connectivity index is 1.41. The molecule has 0 fully saturated rings. The van der Waals surface area contributed by atoms with Gasteiger partial charge >= 0.3 is 6.09 Å². The number of para-hydroxylation sites is 1. The lowest BCUT2D eigenvalue weighted by Crippen LogP contribution is -2.37. The molecule has 0 spiro atoms. The molecule has 4 aromatic carbocycles. The number of benzene rings is 4. The number of methoxy groups -OCH3 is 2. The first kappa shape index (κ1) is 34.8. The Bertz CT molecular complexity index is 2300. The SMILES string of the molecule is COc1ccc(CN2C(O)C(c3c[nH]c4ccccc34)=C(c3cn(C(=O)OC(C)(C)C)c4cc(OCc5ccccc5)c(F)cc34)C2O)c(OC)c1. The molecule has 0 saturated carbocycles. The highest BCUT2D eigenvalue weighted by Crippen LogP contribution is 2.46. The molecule has 268 valence electrons. The summed E-state index contributed by atoms with van der Waals surface area (Å²) in [6.45, 7) is 5.44. The van der Waals surface area contributed by atoms with Crippen molar-refractivity contribution in [3.63, 3.8) is 0 Å². The summed E-state index contributed by atoms with van der Waals surface area (Å²) in [4.78, 5) is 18.6. The van der Waals surface area contributed by atoms with Crippen molar-refractivity contribution in [1.29, 1.82) is 0 Å². The van der Waals surface area contributed by atoms with Gasteiger partial charge in [-0.25, -0.2) is 14.1 Å². The van der Waals surface area contributed by atoms with E-state index in [1.807, 2.05) is 54.6 Å². The monoisotopic (exact) mass is 705 g/mol. The van der Waals surface area contributed by atoms with Gasteiger partial charge in [-0.2, -0.15) is 0 Å². The number of aliphatic hydroxyl groups is 2. The maximum absolute atomic E-state index is 16.0. The Hall–Kier alpha value is -5.62. The number of nitrogens with zero attached hydrogens (tertiary/aromatic N) is 2. The number of rotatable bonds is 9. The third-order valence-corrected chi connectivity index (χ3v) is 9.14. The number of aliphatic hydroxyl groups excluding tert-OH is 2. The van der Waals surface area contributed by atoms with Crippen LogP contribution in [0.25, 0.3) is 33.0 Å². The van der Waals surface area contributed by atoms with Crippen molar-refractivity contribution in [2.45, 2.75) is 52.0 Å². The van der Waals surface area contributed by atoms with E-state index in [0.29, 0.717) is 50.2 Å². The summed E-state index contributed by atoms with van der Waals surface area (Å²) in [5, 5.41) is 25.5. The Morgan fingerprint density at radius 2 is 1.56 bits per heavy atom. The molecule has 52 heavy (non-hydrogen) atoms. The number of fused-ring (bicyclic) bond motifs is 2. The first-order chi connectivity index (χ1) is 25.0. The van der Waals surface area contributed by atoms with E-state index in [0.717, 1.165) is 16.5 Å². The van der Waals surface area contributed by atoms with E-state index < -0.39 is 30.0 Å². The molecule has 3 N–H and O–H groups in total. The summed E-state index contributed by atoms with van der Waals surface area (Å²) in [5.41, 5.74) is 3.48. The molecule has 0 amide bonds. The van der Waals surface area contributed by atoms with Gasteiger partial charge in [0.2, 0.25) is 0 Å². The second kappa shape index (κ2) is 13.8. The molecule has 2 atom stereocenters. The zero-order chi connectivity index (χ0) is 36.7. The van der Waals surface area contributed by atoms with Gasteiger partial charge in [0.05, 0.1) is 19.7 Å².